The van der Waals surface area contributed by atoms with Gasteiger partial charge in [0.05, 0.1) is 39.9 Å². The lowest BCUT2D eigenvalue weighted by Gasteiger charge is -2.24. The Morgan fingerprint density at radius 1 is 0.872 bits per heavy atom. The molecule has 5 heterocycles. The van der Waals surface area contributed by atoms with E-state index in [9.17, 15) is 0 Å². The average Bonchev–Trinajstić information content (AvgIpc) is 3.46. The summed E-state index contributed by atoms with van der Waals surface area (Å²) in [7, 11) is 0. The molecule has 2 atom stereocenters. The Labute approximate surface area is 279 Å². The molecule has 0 saturated carbocycles. The minimum atomic E-state index is -0.175. The Hall–Kier alpha value is -4.14. The molecule has 2 fully saturated rings. The van der Waals surface area contributed by atoms with Gasteiger partial charge in [0.15, 0.2) is 6.23 Å². The van der Waals surface area contributed by atoms with Gasteiger partial charge in [-0.05, 0) is 131 Å². The summed E-state index contributed by atoms with van der Waals surface area (Å²) in [6.07, 6.45) is 7.67. The summed E-state index contributed by atoms with van der Waals surface area (Å²) in [4.78, 5) is 15.4. The zero-order valence-corrected chi connectivity index (χ0v) is 28.6. The molecule has 3 aromatic heterocycles. The van der Waals surface area contributed by atoms with Gasteiger partial charge in [-0.15, -0.1) is 0 Å². The number of aryl methyl sites for hydroxylation is 2. The van der Waals surface area contributed by atoms with Crippen molar-refractivity contribution in [2.45, 2.75) is 98.4 Å². The number of pyridine rings is 2. The van der Waals surface area contributed by atoms with Crippen molar-refractivity contribution in [2.75, 3.05) is 13.2 Å². The Kier molecular flexibility index (Phi) is 10.3. The first-order valence-electron chi connectivity index (χ1n) is 17.3. The number of nitrogens with zero attached hydrogens (tertiary/aromatic N) is 5. The largest absolute Gasteiger partial charge is 0.402 e. The summed E-state index contributed by atoms with van der Waals surface area (Å²) in [6.45, 7) is 12.0. The van der Waals surface area contributed by atoms with Crippen LogP contribution in [-0.4, -0.2) is 44.9 Å². The maximum absolute atomic E-state index is 6.45. The van der Waals surface area contributed by atoms with E-state index in [4.69, 9.17) is 35.3 Å². The molecule has 4 aromatic rings. The molecule has 2 saturated heterocycles. The molecule has 8 nitrogen and oxygen atoms in total. The van der Waals surface area contributed by atoms with E-state index < -0.39 is 0 Å². The molecule has 6 rings (SSSR count). The van der Waals surface area contributed by atoms with Gasteiger partial charge in [0.1, 0.15) is 6.23 Å². The number of aliphatic imine (C=N–C) groups is 1. The molecule has 1 aromatic carbocycles. The van der Waals surface area contributed by atoms with E-state index in [2.05, 4.69) is 74.8 Å². The first-order valence-corrected chi connectivity index (χ1v) is 17.3. The fourth-order valence-electron chi connectivity index (χ4n) is 6.61. The zero-order valence-electron chi connectivity index (χ0n) is 28.6. The highest BCUT2D eigenvalue weighted by Crippen LogP contribution is 2.34. The van der Waals surface area contributed by atoms with Crippen LogP contribution in [-0.2, 0) is 15.9 Å². The van der Waals surface area contributed by atoms with Gasteiger partial charge in [-0.3, -0.25) is 4.99 Å². The van der Waals surface area contributed by atoms with Gasteiger partial charge in [-0.2, -0.15) is 5.10 Å². The molecule has 0 spiro atoms. The maximum Gasteiger partial charge on any atom is 0.150 e. The summed E-state index contributed by atoms with van der Waals surface area (Å²) in [6, 6.07) is 18.9. The smallest absolute Gasteiger partial charge is 0.150 e. The van der Waals surface area contributed by atoms with Gasteiger partial charge in [-0.25, -0.2) is 14.6 Å². The fourth-order valence-corrected chi connectivity index (χ4v) is 6.61. The van der Waals surface area contributed by atoms with Crippen molar-refractivity contribution in [1.29, 1.82) is 0 Å². The molecule has 2 aliphatic heterocycles. The molecule has 0 radical (unpaired) electrons. The maximum atomic E-state index is 6.45. The van der Waals surface area contributed by atoms with Crippen molar-refractivity contribution in [3.63, 3.8) is 0 Å². The lowest BCUT2D eigenvalue weighted by molar-refractivity contribution is -0.0386. The monoisotopic (exact) mass is 632 g/mol. The Bertz CT molecular complexity index is 1780. The quantitative estimate of drug-likeness (QED) is 0.186. The van der Waals surface area contributed by atoms with Crippen LogP contribution in [0.4, 0.5) is 0 Å². The molecule has 2 unspecified atom stereocenters. The van der Waals surface area contributed by atoms with Crippen LogP contribution in [0.25, 0.3) is 33.9 Å². The van der Waals surface area contributed by atoms with Crippen LogP contribution in [0.2, 0.25) is 0 Å². The number of allylic oxidation sites excluding steroid dienone is 2. The summed E-state index contributed by atoms with van der Waals surface area (Å²) in [5, 5.41) is 5.00. The van der Waals surface area contributed by atoms with Crippen molar-refractivity contribution in [2.24, 2.45) is 10.7 Å². The highest BCUT2D eigenvalue weighted by atomic mass is 16.5. The molecule has 0 aliphatic carbocycles. The average molecular weight is 633 g/mol. The molecule has 2 N–H and O–H groups in total. The van der Waals surface area contributed by atoms with Gasteiger partial charge < -0.3 is 15.2 Å². The third-order valence-corrected chi connectivity index (χ3v) is 9.31. The highest BCUT2D eigenvalue weighted by molar-refractivity contribution is 6.11. The van der Waals surface area contributed by atoms with Crippen molar-refractivity contribution >= 4 is 5.71 Å². The normalized spacial score (nSPS) is 19.5. The van der Waals surface area contributed by atoms with E-state index in [-0.39, 0.29) is 12.5 Å². The summed E-state index contributed by atoms with van der Waals surface area (Å²) >= 11 is 0. The summed E-state index contributed by atoms with van der Waals surface area (Å²) < 4.78 is 14.2. The number of ether oxygens (including phenoxy) is 2. The number of nitrogens with two attached hydrogens (primary N) is 1. The van der Waals surface area contributed by atoms with Gasteiger partial charge in [0.2, 0.25) is 0 Å². The van der Waals surface area contributed by atoms with E-state index in [0.717, 1.165) is 132 Å². The second-order valence-electron chi connectivity index (χ2n) is 12.7. The van der Waals surface area contributed by atoms with Crippen LogP contribution in [0.3, 0.4) is 0 Å². The van der Waals surface area contributed by atoms with E-state index in [1.54, 1.807) is 0 Å². The van der Waals surface area contributed by atoms with Crippen LogP contribution < -0.4 is 5.73 Å². The van der Waals surface area contributed by atoms with Crippen molar-refractivity contribution in [1.82, 2.24) is 19.7 Å². The second-order valence-corrected chi connectivity index (χ2v) is 12.7. The molecule has 0 amide bonds. The van der Waals surface area contributed by atoms with Gasteiger partial charge in [0.25, 0.3) is 0 Å². The van der Waals surface area contributed by atoms with Crippen molar-refractivity contribution in [3.05, 3.63) is 88.4 Å². The van der Waals surface area contributed by atoms with Crippen molar-refractivity contribution in [3.8, 4) is 33.9 Å². The number of benzene rings is 1. The number of rotatable bonds is 9. The third-order valence-electron chi connectivity index (χ3n) is 9.31. The first-order chi connectivity index (χ1) is 22.9. The SMILES string of the molecule is CCC(N)=C(C)C(=NC1CCCCO1)c1cccc(-c2cc(C)cc(-c3cccc(-c4c(C)c(CC)nn4C4CCCCO4)n3)c2)n1. The standard InChI is InChI=1S/C39H48N6O2/c1-6-30(40)26(4)38(43-36-18-8-10-20-46-36)34-16-12-14-32(41-34)28-22-25(3)23-29(24-28)33-15-13-17-35(42-33)39-27(5)31(7-2)44-45(39)37-19-9-11-21-47-37/h12-17,22-24,36-37H,6-11,18-21,40H2,1-5H3. The minimum Gasteiger partial charge on any atom is -0.402 e. The van der Waals surface area contributed by atoms with Crippen LogP contribution >= 0.6 is 0 Å². The Morgan fingerprint density at radius 3 is 2.21 bits per heavy atom. The molecular formula is C39H48N6O2. The minimum absolute atomic E-state index is 0.0589. The van der Waals surface area contributed by atoms with E-state index >= 15 is 0 Å². The molecular weight excluding hydrogens is 584 g/mol. The topological polar surface area (TPSA) is 100 Å². The number of hydrogen-bond acceptors (Lipinski definition) is 7. The lowest BCUT2D eigenvalue weighted by atomic mass is 10.00. The van der Waals surface area contributed by atoms with Gasteiger partial charge in [-0.1, -0.05) is 26.0 Å². The molecule has 47 heavy (non-hydrogen) atoms. The first kappa shape index (κ1) is 32.8. The molecule has 2 aliphatic rings. The van der Waals surface area contributed by atoms with E-state index in [1.807, 2.05) is 19.1 Å². The Balaban J connectivity index is 1.38. The predicted molar refractivity (Wildman–Crippen MR) is 189 cm³/mol. The lowest BCUT2D eigenvalue weighted by Crippen LogP contribution is -2.21. The molecule has 246 valence electrons. The second kappa shape index (κ2) is 14.7. The third kappa shape index (κ3) is 7.24. The van der Waals surface area contributed by atoms with Gasteiger partial charge >= 0.3 is 0 Å². The number of aromatic nitrogens is 4. The van der Waals surface area contributed by atoms with Gasteiger partial charge in [0, 0.05) is 30.0 Å². The highest BCUT2D eigenvalue weighted by Gasteiger charge is 2.25. The van der Waals surface area contributed by atoms with Crippen LogP contribution in [0.15, 0.2) is 70.9 Å². The van der Waals surface area contributed by atoms with Crippen LogP contribution in [0.1, 0.15) is 94.5 Å². The number of hydrogen-bond donors (Lipinski definition) is 1. The Morgan fingerprint density at radius 2 is 1.55 bits per heavy atom. The van der Waals surface area contributed by atoms with Crippen molar-refractivity contribution < 1.29 is 9.47 Å². The predicted octanol–water partition coefficient (Wildman–Crippen LogP) is 8.51. The van der Waals surface area contributed by atoms with Crippen LogP contribution in [0, 0.1) is 13.8 Å². The molecule has 0 bridgehead atoms. The zero-order chi connectivity index (χ0) is 32.9. The van der Waals surface area contributed by atoms with E-state index in [1.165, 1.54) is 5.56 Å². The molecule has 8 heteroatoms. The summed E-state index contributed by atoms with van der Waals surface area (Å²) in [5.74, 6) is 0. The van der Waals surface area contributed by atoms with Crippen LogP contribution in [0.5, 0.6) is 0 Å². The van der Waals surface area contributed by atoms with E-state index in [0.29, 0.717) is 0 Å². The fraction of sp³-hybridized carbons (Fsp3) is 0.436. The summed E-state index contributed by atoms with van der Waals surface area (Å²) in [5.41, 5.74) is 19.0.